The summed E-state index contributed by atoms with van der Waals surface area (Å²) in [7, 11) is 1.40. The zero-order valence-electron chi connectivity index (χ0n) is 7.06. The van der Waals surface area contributed by atoms with Gasteiger partial charge in [0.2, 0.25) is 0 Å². The summed E-state index contributed by atoms with van der Waals surface area (Å²) >= 11 is 0. The minimum absolute atomic E-state index is 0.0172. The number of hydrogen-bond donors (Lipinski definition) is 2. The molecule has 0 heterocycles. The summed E-state index contributed by atoms with van der Waals surface area (Å²) in [5, 5.41) is 26.8. The Morgan fingerprint density at radius 1 is 1.54 bits per heavy atom. The zero-order valence-corrected chi connectivity index (χ0v) is 7.06. The van der Waals surface area contributed by atoms with E-state index < -0.39 is 6.10 Å². The largest absolute Gasteiger partial charge is 0.504 e. The van der Waals surface area contributed by atoms with Crippen molar-refractivity contribution in [2.45, 2.75) is 6.10 Å². The highest BCUT2D eigenvalue weighted by Crippen LogP contribution is 2.28. The van der Waals surface area contributed by atoms with Gasteiger partial charge in [-0.15, -0.1) is 0 Å². The van der Waals surface area contributed by atoms with E-state index in [4.69, 9.17) is 15.1 Å². The van der Waals surface area contributed by atoms with Crippen molar-refractivity contribution in [3.05, 3.63) is 23.8 Å². The van der Waals surface area contributed by atoms with Gasteiger partial charge in [-0.1, -0.05) is 6.07 Å². The molecule has 0 aliphatic carbocycles. The molecule has 0 bridgehead atoms. The molecule has 0 unspecified atom stereocenters. The van der Waals surface area contributed by atoms with Gasteiger partial charge in [-0.05, 0) is 17.7 Å². The molecule has 0 amide bonds. The fourth-order valence-corrected chi connectivity index (χ4v) is 0.939. The minimum atomic E-state index is -1.19. The van der Waals surface area contributed by atoms with Crippen LogP contribution >= 0.6 is 0 Å². The van der Waals surface area contributed by atoms with E-state index >= 15 is 0 Å². The van der Waals surface area contributed by atoms with Crippen molar-refractivity contribution in [2.24, 2.45) is 0 Å². The molecular weight excluding hydrogens is 170 g/mol. The van der Waals surface area contributed by atoms with Crippen molar-refractivity contribution in [3.63, 3.8) is 0 Å². The van der Waals surface area contributed by atoms with Gasteiger partial charge in [0.15, 0.2) is 17.6 Å². The summed E-state index contributed by atoms with van der Waals surface area (Å²) in [5.74, 6) is 0.225. The van der Waals surface area contributed by atoms with Crippen LogP contribution in [0.5, 0.6) is 11.5 Å². The first kappa shape index (κ1) is 9.36. The standard InChI is InChI=1S/C9H9NO3/c1-13-9-4-6(8(12)5-10)2-3-7(9)11/h2-4,8,11-12H,1H3/t8-/m1/s1. The van der Waals surface area contributed by atoms with Crippen LogP contribution in [0.3, 0.4) is 0 Å². The number of phenolic OH excluding ortho intramolecular Hbond substituents is 1. The molecule has 0 aromatic heterocycles. The van der Waals surface area contributed by atoms with Gasteiger partial charge in [0, 0.05) is 0 Å². The maximum absolute atomic E-state index is 9.20. The topological polar surface area (TPSA) is 73.5 Å². The Morgan fingerprint density at radius 2 is 2.23 bits per heavy atom. The first-order chi connectivity index (χ1) is 6.19. The number of methoxy groups -OCH3 is 1. The second kappa shape index (κ2) is 3.78. The van der Waals surface area contributed by atoms with Crippen molar-refractivity contribution in [1.82, 2.24) is 0 Å². The van der Waals surface area contributed by atoms with Crippen molar-refractivity contribution >= 4 is 0 Å². The van der Waals surface area contributed by atoms with Crippen LogP contribution in [0.25, 0.3) is 0 Å². The number of nitriles is 1. The molecule has 13 heavy (non-hydrogen) atoms. The normalized spacial score (nSPS) is 11.8. The molecule has 1 aromatic carbocycles. The van der Waals surface area contributed by atoms with Crippen LogP contribution in [0.2, 0.25) is 0 Å². The van der Waals surface area contributed by atoms with Crippen LogP contribution in [0.15, 0.2) is 18.2 Å². The number of phenols is 1. The Morgan fingerprint density at radius 3 is 2.77 bits per heavy atom. The molecule has 1 atom stereocenters. The van der Waals surface area contributed by atoms with E-state index in [2.05, 4.69) is 0 Å². The average Bonchev–Trinajstić information content (AvgIpc) is 2.17. The summed E-state index contributed by atoms with van der Waals surface area (Å²) in [6, 6.07) is 5.92. The molecule has 0 spiro atoms. The number of rotatable bonds is 2. The number of nitrogens with zero attached hydrogens (tertiary/aromatic N) is 1. The summed E-state index contributed by atoms with van der Waals surface area (Å²) in [6.45, 7) is 0. The Hall–Kier alpha value is -1.73. The van der Waals surface area contributed by atoms with Crippen LogP contribution in [0, 0.1) is 11.3 Å². The number of benzene rings is 1. The van der Waals surface area contributed by atoms with E-state index in [9.17, 15) is 5.11 Å². The summed E-state index contributed by atoms with van der Waals surface area (Å²) < 4.78 is 4.81. The predicted octanol–water partition coefficient (Wildman–Crippen LogP) is 0.958. The zero-order chi connectivity index (χ0) is 9.84. The highest BCUT2D eigenvalue weighted by molar-refractivity contribution is 5.43. The van der Waals surface area contributed by atoms with Crippen LogP contribution in [0.1, 0.15) is 11.7 Å². The van der Waals surface area contributed by atoms with Crippen LogP contribution in [0.4, 0.5) is 0 Å². The van der Waals surface area contributed by atoms with Gasteiger partial charge in [-0.25, -0.2) is 0 Å². The van der Waals surface area contributed by atoms with Crippen LogP contribution < -0.4 is 4.74 Å². The van der Waals surface area contributed by atoms with Crippen LogP contribution in [-0.2, 0) is 0 Å². The quantitative estimate of drug-likeness (QED) is 0.663. The third-order valence-electron chi connectivity index (χ3n) is 1.64. The molecule has 0 aliphatic heterocycles. The number of hydrogen-bond acceptors (Lipinski definition) is 4. The third-order valence-corrected chi connectivity index (χ3v) is 1.64. The molecule has 4 heteroatoms. The SMILES string of the molecule is COc1cc([C@H](O)C#N)ccc1O. The molecule has 0 saturated carbocycles. The molecule has 2 N–H and O–H groups in total. The average molecular weight is 179 g/mol. The molecule has 4 nitrogen and oxygen atoms in total. The molecule has 0 radical (unpaired) electrons. The van der Waals surface area contributed by atoms with Gasteiger partial charge >= 0.3 is 0 Å². The number of ether oxygens (including phenoxy) is 1. The van der Waals surface area contributed by atoms with Gasteiger partial charge in [-0.3, -0.25) is 0 Å². The molecular formula is C9H9NO3. The van der Waals surface area contributed by atoms with E-state index in [-0.39, 0.29) is 11.5 Å². The highest BCUT2D eigenvalue weighted by atomic mass is 16.5. The second-order valence-electron chi connectivity index (χ2n) is 2.46. The van der Waals surface area contributed by atoms with Gasteiger partial charge in [0.05, 0.1) is 13.2 Å². The Balaban J connectivity index is 3.08. The maximum atomic E-state index is 9.20. The summed E-state index contributed by atoms with van der Waals surface area (Å²) in [4.78, 5) is 0. The number of aromatic hydroxyl groups is 1. The van der Waals surface area contributed by atoms with Gasteiger partial charge < -0.3 is 14.9 Å². The lowest BCUT2D eigenvalue weighted by atomic mass is 10.1. The summed E-state index contributed by atoms with van der Waals surface area (Å²) in [6.07, 6.45) is -1.19. The Kier molecular flexibility index (Phi) is 2.72. The Labute approximate surface area is 75.6 Å². The Bertz CT molecular complexity index is 343. The lowest BCUT2D eigenvalue weighted by Crippen LogP contribution is -1.94. The van der Waals surface area contributed by atoms with Crippen molar-refractivity contribution in [2.75, 3.05) is 7.11 Å². The first-order valence-corrected chi connectivity index (χ1v) is 3.63. The number of aliphatic hydroxyl groups excluding tert-OH is 1. The number of aliphatic hydroxyl groups is 1. The third kappa shape index (κ3) is 1.89. The molecule has 0 fully saturated rings. The van der Waals surface area contributed by atoms with Crippen LogP contribution in [-0.4, -0.2) is 17.3 Å². The van der Waals surface area contributed by atoms with E-state index in [0.29, 0.717) is 5.56 Å². The summed E-state index contributed by atoms with van der Waals surface area (Å²) in [5.41, 5.74) is 0.400. The first-order valence-electron chi connectivity index (χ1n) is 3.63. The maximum Gasteiger partial charge on any atom is 0.166 e. The lowest BCUT2D eigenvalue weighted by molar-refractivity contribution is 0.235. The van der Waals surface area contributed by atoms with Crippen molar-refractivity contribution in [1.29, 1.82) is 5.26 Å². The minimum Gasteiger partial charge on any atom is -0.504 e. The highest BCUT2D eigenvalue weighted by Gasteiger charge is 2.08. The molecule has 0 aliphatic rings. The molecule has 0 saturated heterocycles. The monoisotopic (exact) mass is 179 g/mol. The molecule has 1 rings (SSSR count). The van der Waals surface area contributed by atoms with E-state index in [1.54, 1.807) is 6.07 Å². The fraction of sp³-hybridized carbons (Fsp3) is 0.222. The fourth-order valence-electron chi connectivity index (χ4n) is 0.939. The van der Waals surface area contributed by atoms with E-state index in [1.807, 2.05) is 0 Å². The van der Waals surface area contributed by atoms with E-state index in [1.165, 1.54) is 25.3 Å². The predicted molar refractivity (Wildman–Crippen MR) is 45.2 cm³/mol. The van der Waals surface area contributed by atoms with Gasteiger partial charge in [-0.2, -0.15) is 5.26 Å². The van der Waals surface area contributed by atoms with E-state index in [0.717, 1.165) is 0 Å². The molecule has 1 aromatic rings. The lowest BCUT2D eigenvalue weighted by Gasteiger charge is -2.06. The smallest absolute Gasteiger partial charge is 0.166 e. The second-order valence-corrected chi connectivity index (χ2v) is 2.46. The van der Waals surface area contributed by atoms with Gasteiger partial charge in [0.1, 0.15) is 0 Å². The van der Waals surface area contributed by atoms with Crippen molar-refractivity contribution < 1.29 is 14.9 Å². The van der Waals surface area contributed by atoms with Crippen molar-refractivity contribution in [3.8, 4) is 17.6 Å². The molecule has 68 valence electrons. The van der Waals surface area contributed by atoms with Gasteiger partial charge in [0.25, 0.3) is 0 Å².